The highest BCUT2D eigenvalue weighted by atomic mass is 16.2. The first-order valence-electron chi connectivity index (χ1n) is 9.00. The molecule has 0 fully saturated rings. The van der Waals surface area contributed by atoms with Gasteiger partial charge in [0, 0.05) is 6.54 Å². The van der Waals surface area contributed by atoms with E-state index in [0.29, 0.717) is 23.5 Å². The van der Waals surface area contributed by atoms with Crippen LogP contribution in [0.25, 0.3) is 0 Å². The van der Waals surface area contributed by atoms with E-state index in [1.807, 2.05) is 19.1 Å². The number of para-hydroxylation sites is 1. The lowest BCUT2D eigenvalue weighted by atomic mass is 10.1. The third-order valence-electron chi connectivity index (χ3n) is 4.17. The van der Waals surface area contributed by atoms with Crippen LogP contribution < -0.4 is 21.1 Å². The number of hydrogen-bond donors (Lipinski definition) is 3. The van der Waals surface area contributed by atoms with Crippen LogP contribution in [-0.4, -0.2) is 36.6 Å². The van der Waals surface area contributed by atoms with Gasteiger partial charge in [-0.15, -0.1) is 6.58 Å². The van der Waals surface area contributed by atoms with Gasteiger partial charge in [0.1, 0.15) is 6.54 Å². The number of benzene rings is 2. The van der Waals surface area contributed by atoms with E-state index < -0.39 is 5.91 Å². The molecule has 0 radical (unpaired) electrons. The van der Waals surface area contributed by atoms with Crippen molar-refractivity contribution < 1.29 is 14.4 Å². The third-order valence-corrected chi connectivity index (χ3v) is 4.17. The van der Waals surface area contributed by atoms with Gasteiger partial charge < -0.3 is 10.6 Å². The Bertz CT molecular complexity index is 982. The zero-order chi connectivity index (χ0) is 20.8. The van der Waals surface area contributed by atoms with Crippen LogP contribution in [0.5, 0.6) is 0 Å². The highest BCUT2D eigenvalue weighted by molar-refractivity contribution is 6.43. The maximum absolute atomic E-state index is 12.7. The number of nitrogens with zero attached hydrogens (tertiary/aromatic N) is 2. The van der Waals surface area contributed by atoms with Crippen molar-refractivity contribution in [1.82, 2.24) is 10.7 Å². The first-order chi connectivity index (χ1) is 14.0. The van der Waals surface area contributed by atoms with E-state index in [1.165, 1.54) is 5.01 Å². The van der Waals surface area contributed by atoms with Crippen molar-refractivity contribution in [1.29, 1.82) is 0 Å². The number of rotatable bonds is 6. The molecule has 0 saturated heterocycles. The van der Waals surface area contributed by atoms with Crippen LogP contribution in [0, 0.1) is 6.92 Å². The molecule has 0 atom stereocenters. The molecule has 148 valence electrons. The number of carbonyl (C=O) groups excluding carboxylic acids is 3. The zero-order valence-corrected chi connectivity index (χ0v) is 15.9. The summed E-state index contributed by atoms with van der Waals surface area (Å²) in [7, 11) is 0. The van der Waals surface area contributed by atoms with Crippen molar-refractivity contribution >= 4 is 34.9 Å². The summed E-state index contributed by atoms with van der Waals surface area (Å²) >= 11 is 0. The summed E-state index contributed by atoms with van der Waals surface area (Å²) < 4.78 is 0. The smallest absolute Gasteiger partial charge is 0.292 e. The Morgan fingerprint density at radius 3 is 2.62 bits per heavy atom. The molecule has 3 N–H and O–H groups in total. The monoisotopic (exact) mass is 391 g/mol. The lowest BCUT2D eigenvalue weighted by molar-refractivity contribution is -0.118. The van der Waals surface area contributed by atoms with Crippen molar-refractivity contribution in [3.8, 4) is 0 Å². The van der Waals surface area contributed by atoms with Gasteiger partial charge in [-0.25, -0.2) is 5.01 Å². The molecule has 0 saturated carbocycles. The molecule has 0 unspecified atom stereocenters. The Labute approximate surface area is 168 Å². The maximum Gasteiger partial charge on any atom is 0.292 e. The fourth-order valence-corrected chi connectivity index (χ4v) is 2.68. The second kappa shape index (κ2) is 8.83. The number of aliphatic imine (C=N–C) groups is 1. The van der Waals surface area contributed by atoms with Gasteiger partial charge in [-0.2, -0.15) is 0 Å². The summed E-state index contributed by atoms with van der Waals surface area (Å²) in [5, 5.41) is 6.63. The topological polar surface area (TPSA) is 103 Å². The first-order valence-corrected chi connectivity index (χ1v) is 9.00. The molecule has 2 aromatic rings. The van der Waals surface area contributed by atoms with Gasteiger partial charge in [0.2, 0.25) is 5.84 Å². The van der Waals surface area contributed by atoms with Gasteiger partial charge >= 0.3 is 0 Å². The molecule has 1 heterocycles. The maximum atomic E-state index is 12.7. The van der Waals surface area contributed by atoms with Crippen LogP contribution in [0.4, 0.5) is 11.4 Å². The number of nitrogens with one attached hydrogen (secondary N) is 3. The Morgan fingerprint density at radius 2 is 1.90 bits per heavy atom. The van der Waals surface area contributed by atoms with Crippen molar-refractivity contribution in [3.63, 3.8) is 0 Å². The van der Waals surface area contributed by atoms with Crippen molar-refractivity contribution in [3.05, 3.63) is 72.3 Å². The highest BCUT2D eigenvalue weighted by Crippen LogP contribution is 2.17. The van der Waals surface area contributed by atoms with E-state index in [-0.39, 0.29) is 24.2 Å². The quantitative estimate of drug-likeness (QED) is 0.654. The second-order valence-corrected chi connectivity index (χ2v) is 6.34. The average molecular weight is 391 g/mol. The Balaban J connectivity index is 1.76. The van der Waals surface area contributed by atoms with Gasteiger partial charge in [0.05, 0.1) is 16.9 Å². The number of anilines is 2. The summed E-state index contributed by atoms with van der Waals surface area (Å²) in [6, 6.07) is 13.9. The van der Waals surface area contributed by atoms with Crippen molar-refractivity contribution in [2.45, 2.75) is 6.92 Å². The Kier molecular flexibility index (Phi) is 6.03. The van der Waals surface area contributed by atoms with Crippen LogP contribution in [-0.2, 0) is 9.59 Å². The van der Waals surface area contributed by atoms with Gasteiger partial charge in [0.15, 0.2) is 0 Å². The largest absolute Gasteiger partial charge is 0.349 e. The minimum atomic E-state index is -0.557. The number of aryl methyl sites for hydroxylation is 1. The molecule has 0 bridgehead atoms. The fourth-order valence-electron chi connectivity index (χ4n) is 2.68. The van der Waals surface area contributed by atoms with Crippen molar-refractivity contribution in [2.24, 2.45) is 4.99 Å². The van der Waals surface area contributed by atoms with E-state index in [2.05, 4.69) is 27.6 Å². The molecule has 29 heavy (non-hydrogen) atoms. The highest BCUT2D eigenvalue weighted by Gasteiger charge is 2.26. The fraction of sp³-hybridized carbons (Fsp3) is 0.143. The van der Waals surface area contributed by atoms with Crippen LogP contribution in [0.3, 0.4) is 0 Å². The number of carbonyl (C=O) groups is 3. The third kappa shape index (κ3) is 4.67. The molecule has 1 aliphatic rings. The van der Waals surface area contributed by atoms with E-state index in [9.17, 15) is 14.4 Å². The molecule has 8 heteroatoms. The molecule has 0 spiro atoms. The van der Waals surface area contributed by atoms with Gasteiger partial charge in [0.25, 0.3) is 17.7 Å². The van der Waals surface area contributed by atoms with Gasteiger partial charge in [-0.1, -0.05) is 35.9 Å². The SMILES string of the molecule is C=CCNC(=O)c1ccccc1NC(=O)C1=NCC(=O)N(c2ccc(C)cc2)N1. The number of hydrogen-bond acceptors (Lipinski definition) is 5. The summed E-state index contributed by atoms with van der Waals surface area (Å²) in [5.74, 6) is -1.20. The second-order valence-electron chi connectivity index (χ2n) is 6.34. The van der Waals surface area contributed by atoms with E-state index in [4.69, 9.17) is 0 Å². The van der Waals surface area contributed by atoms with E-state index in [0.717, 1.165) is 5.56 Å². The molecule has 8 nitrogen and oxygen atoms in total. The summed E-state index contributed by atoms with van der Waals surface area (Å²) in [4.78, 5) is 41.2. The van der Waals surface area contributed by atoms with Crippen LogP contribution in [0.15, 0.2) is 66.2 Å². The summed E-state index contributed by atoms with van der Waals surface area (Å²) in [6.45, 7) is 5.65. The number of hydrazine groups is 1. The lowest BCUT2D eigenvalue weighted by Gasteiger charge is -2.27. The van der Waals surface area contributed by atoms with Gasteiger partial charge in [-0.3, -0.25) is 24.8 Å². The molecular weight excluding hydrogens is 370 g/mol. The molecule has 1 aliphatic heterocycles. The molecule has 3 amide bonds. The predicted molar refractivity (Wildman–Crippen MR) is 112 cm³/mol. The first kappa shape index (κ1) is 19.8. The average Bonchev–Trinajstić information content (AvgIpc) is 2.73. The lowest BCUT2D eigenvalue weighted by Crippen LogP contribution is -2.54. The van der Waals surface area contributed by atoms with Crippen LogP contribution in [0.1, 0.15) is 15.9 Å². The van der Waals surface area contributed by atoms with E-state index in [1.54, 1.807) is 42.5 Å². The molecular formula is C21H21N5O3. The number of amidine groups is 1. The standard InChI is InChI=1S/C21H21N5O3/c1-3-12-22-20(28)16-6-4-5-7-17(16)24-21(29)19-23-13-18(27)26(25-19)15-10-8-14(2)9-11-15/h3-11H,1,12-13H2,2H3,(H,22,28)(H,23,25)(H,24,29). The molecule has 3 rings (SSSR count). The normalized spacial score (nSPS) is 13.2. The molecule has 0 aliphatic carbocycles. The summed E-state index contributed by atoms with van der Waals surface area (Å²) in [5.41, 5.74) is 5.05. The molecule has 0 aromatic heterocycles. The Hall–Kier alpha value is -3.94. The van der Waals surface area contributed by atoms with Gasteiger partial charge in [-0.05, 0) is 31.2 Å². The minimum absolute atomic E-state index is 0.0218. The van der Waals surface area contributed by atoms with E-state index >= 15 is 0 Å². The number of amides is 3. The summed E-state index contributed by atoms with van der Waals surface area (Å²) in [6.07, 6.45) is 1.57. The zero-order valence-electron chi connectivity index (χ0n) is 15.9. The predicted octanol–water partition coefficient (Wildman–Crippen LogP) is 1.80. The van der Waals surface area contributed by atoms with Crippen molar-refractivity contribution in [2.75, 3.05) is 23.4 Å². The van der Waals surface area contributed by atoms with Crippen LogP contribution >= 0.6 is 0 Å². The Morgan fingerprint density at radius 1 is 1.17 bits per heavy atom. The van der Waals surface area contributed by atoms with Crippen LogP contribution in [0.2, 0.25) is 0 Å². The minimum Gasteiger partial charge on any atom is -0.349 e. The molecule has 2 aromatic carbocycles.